The number of pyridine rings is 1. The van der Waals surface area contributed by atoms with Crippen molar-refractivity contribution in [1.82, 2.24) is 10.3 Å². The summed E-state index contributed by atoms with van der Waals surface area (Å²) in [5.41, 5.74) is 3.80. The first-order valence-electron chi connectivity index (χ1n) is 7.94. The van der Waals surface area contributed by atoms with Gasteiger partial charge in [-0.15, -0.1) is 0 Å². The molecule has 124 valence electrons. The normalized spacial score (nSPS) is 19.3. The van der Waals surface area contributed by atoms with Gasteiger partial charge < -0.3 is 10.1 Å². The zero-order valence-electron chi connectivity index (χ0n) is 13.2. The third kappa shape index (κ3) is 3.21. The van der Waals surface area contributed by atoms with E-state index in [0.717, 1.165) is 22.3 Å². The molecule has 25 heavy (non-hydrogen) atoms. The molecule has 0 spiro atoms. The lowest BCUT2D eigenvalue weighted by molar-refractivity contribution is 0.132. The number of hydrogen-bond donors (Lipinski definition) is 1. The Labute approximate surface area is 150 Å². The van der Waals surface area contributed by atoms with Crippen LogP contribution in [0.4, 0.5) is 4.79 Å². The minimum absolute atomic E-state index is 0.317. The lowest BCUT2D eigenvalue weighted by atomic mass is 9.95. The van der Waals surface area contributed by atoms with E-state index in [9.17, 15) is 4.79 Å². The third-order valence-corrected chi connectivity index (χ3v) is 4.45. The van der Waals surface area contributed by atoms with Crippen molar-refractivity contribution in [3.8, 4) is 11.1 Å². The van der Waals surface area contributed by atoms with Crippen LogP contribution in [0.25, 0.3) is 11.1 Å². The fourth-order valence-corrected chi connectivity index (χ4v) is 3.24. The Morgan fingerprint density at radius 3 is 2.56 bits per heavy atom. The number of ether oxygens (including phenoxy) is 1. The number of aromatic nitrogens is 1. The highest BCUT2D eigenvalue weighted by atomic mass is 35.5. The minimum atomic E-state index is -0.445. The van der Waals surface area contributed by atoms with Crippen molar-refractivity contribution in [1.29, 1.82) is 0 Å². The lowest BCUT2D eigenvalue weighted by Crippen LogP contribution is -2.19. The van der Waals surface area contributed by atoms with E-state index in [-0.39, 0.29) is 6.04 Å². The van der Waals surface area contributed by atoms with Crippen LogP contribution < -0.4 is 5.32 Å². The number of halogens is 1. The molecular formula is C20H15ClN2O2. The number of nitrogens with zero attached hydrogens (tertiary/aromatic N) is 1. The van der Waals surface area contributed by atoms with Gasteiger partial charge in [-0.1, -0.05) is 54.1 Å². The van der Waals surface area contributed by atoms with E-state index >= 15 is 0 Å². The number of rotatable bonds is 3. The van der Waals surface area contributed by atoms with Gasteiger partial charge in [0.15, 0.2) is 6.10 Å². The molecule has 1 aromatic heterocycles. The van der Waals surface area contributed by atoms with E-state index < -0.39 is 12.2 Å². The Kier molecular flexibility index (Phi) is 4.12. The molecule has 0 saturated carbocycles. The number of carbonyl (C=O) groups excluding carboxylic acids is 1. The first-order valence-corrected chi connectivity index (χ1v) is 8.31. The van der Waals surface area contributed by atoms with Gasteiger partial charge in [-0.25, -0.2) is 4.79 Å². The predicted octanol–water partition coefficient (Wildman–Crippen LogP) is 4.92. The molecule has 1 fully saturated rings. The van der Waals surface area contributed by atoms with Crippen molar-refractivity contribution < 1.29 is 9.53 Å². The summed E-state index contributed by atoms with van der Waals surface area (Å²) in [6, 6.07) is 19.1. The highest BCUT2D eigenvalue weighted by Gasteiger charge is 2.36. The Balaban J connectivity index is 1.71. The van der Waals surface area contributed by atoms with Crippen molar-refractivity contribution in [2.24, 2.45) is 0 Å². The number of cyclic esters (lactones) is 1. The molecule has 0 unspecified atom stereocenters. The Morgan fingerprint density at radius 1 is 0.920 bits per heavy atom. The van der Waals surface area contributed by atoms with E-state index in [1.807, 2.05) is 60.8 Å². The van der Waals surface area contributed by atoms with Gasteiger partial charge in [0.25, 0.3) is 0 Å². The van der Waals surface area contributed by atoms with Crippen molar-refractivity contribution >= 4 is 17.7 Å². The average Bonchev–Trinajstić information content (AvgIpc) is 3.04. The zero-order chi connectivity index (χ0) is 17.2. The van der Waals surface area contributed by atoms with Crippen molar-refractivity contribution in [2.75, 3.05) is 0 Å². The number of carbonyl (C=O) groups is 1. The van der Waals surface area contributed by atoms with Gasteiger partial charge in [0.05, 0.1) is 0 Å². The number of amides is 1. The van der Waals surface area contributed by atoms with Crippen LogP contribution in [0.1, 0.15) is 23.3 Å². The number of alkyl carbamates (subject to hydrolysis) is 1. The van der Waals surface area contributed by atoms with E-state index in [1.165, 1.54) is 0 Å². The molecule has 0 radical (unpaired) electrons. The maximum absolute atomic E-state index is 11.9. The topological polar surface area (TPSA) is 51.2 Å². The van der Waals surface area contributed by atoms with Gasteiger partial charge in [0.2, 0.25) is 0 Å². The largest absolute Gasteiger partial charge is 0.439 e. The molecule has 0 aliphatic carbocycles. The number of nitrogens with one attached hydrogen (secondary N) is 1. The molecule has 2 aromatic carbocycles. The second kappa shape index (κ2) is 6.57. The fourth-order valence-electron chi connectivity index (χ4n) is 3.04. The molecule has 0 bridgehead atoms. The summed E-state index contributed by atoms with van der Waals surface area (Å²) < 4.78 is 5.48. The molecular weight excluding hydrogens is 336 g/mol. The van der Waals surface area contributed by atoms with E-state index in [4.69, 9.17) is 16.3 Å². The third-order valence-electron chi connectivity index (χ3n) is 4.21. The molecule has 1 aliphatic heterocycles. The Bertz CT molecular complexity index is 914. The second-order valence-corrected chi connectivity index (χ2v) is 6.31. The first-order chi connectivity index (χ1) is 12.2. The summed E-state index contributed by atoms with van der Waals surface area (Å²) >= 11 is 6.09. The highest BCUT2D eigenvalue weighted by molar-refractivity contribution is 6.30. The zero-order valence-corrected chi connectivity index (χ0v) is 14.0. The summed E-state index contributed by atoms with van der Waals surface area (Å²) in [5, 5.41) is 3.48. The molecule has 1 saturated heterocycles. The van der Waals surface area contributed by atoms with E-state index in [2.05, 4.69) is 10.3 Å². The van der Waals surface area contributed by atoms with Gasteiger partial charge in [-0.3, -0.25) is 4.98 Å². The van der Waals surface area contributed by atoms with Gasteiger partial charge in [0.1, 0.15) is 6.04 Å². The van der Waals surface area contributed by atoms with Gasteiger partial charge >= 0.3 is 6.09 Å². The van der Waals surface area contributed by atoms with Crippen LogP contribution in [0.15, 0.2) is 73.1 Å². The molecule has 1 aliphatic rings. The first kappa shape index (κ1) is 15.7. The maximum atomic E-state index is 11.9. The minimum Gasteiger partial charge on any atom is -0.439 e. The summed E-state index contributed by atoms with van der Waals surface area (Å²) in [6.45, 7) is 0. The van der Waals surface area contributed by atoms with Crippen LogP contribution in [0.5, 0.6) is 0 Å². The highest BCUT2D eigenvalue weighted by Crippen LogP contribution is 2.38. The molecule has 4 rings (SSSR count). The van der Waals surface area contributed by atoms with Crippen molar-refractivity contribution in [3.05, 3.63) is 89.2 Å². The van der Waals surface area contributed by atoms with Crippen LogP contribution in [0.2, 0.25) is 5.02 Å². The molecule has 4 nitrogen and oxygen atoms in total. The fraction of sp³-hybridized carbons (Fsp3) is 0.100. The van der Waals surface area contributed by atoms with Crippen molar-refractivity contribution in [3.63, 3.8) is 0 Å². The Hall–Kier alpha value is -2.85. The monoisotopic (exact) mass is 350 g/mol. The van der Waals surface area contributed by atoms with Crippen LogP contribution in [0, 0.1) is 0 Å². The molecule has 2 heterocycles. The molecule has 2 atom stereocenters. The number of benzene rings is 2. The predicted molar refractivity (Wildman–Crippen MR) is 96.2 cm³/mol. The summed E-state index contributed by atoms with van der Waals surface area (Å²) in [7, 11) is 0. The average molecular weight is 351 g/mol. The lowest BCUT2D eigenvalue weighted by Gasteiger charge is -2.18. The quantitative estimate of drug-likeness (QED) is 0.729. The van der Waals surface area contributed by atoms with Gasteiger partial charge in [0, 0.05) is 23.0 Å². The molecule has 3 aromatic rings. The molecule has 1 amide bonds. The molecule has 1 N–H and O–H groups in total. The second-order valence-electron chi connectivity index (χ2n) is 5.88. The van der Waals surface area contributed by atoms with E-state index in [0.29, 0.717) is 5.02 Å². The maximum Gasteiger partial charge on any atom is 0.408 e. The van der Waals surface area contributed by atoms with Crippen LogP contribution in [0.3, 0.4) is 0 Å². The van der Waals surface area contributed by atoms with Gasteiger partial charge in [-0.05, 0) is 34.9 Å². The van der Waals surface area contributed by atoms with E-state index in [1.54, 1.807) is 12.3 Å². The summed E-state index contributed by atoms with van der Waals surface area (Å²) in [6.07, 6.45) is 2.67. The van der Waals surface area contributed by atoms with Crippen LogP contribution >= 0.6 is 11.6 Å². The van der Waals surface area contributed by atoms with Crippen LogP contribution in [-0.4, -0.2) is 11.1 Å². The number of hydrogen-bond acceptors (Lipinski definition) is 3. The standard InChI is InChI=1S/C20H15ClN2O2/c21-17-8-4-7-14(10-17)19-18(23-20(24)25-19)16-9-15(11-22-12-16)13-5-2-1-3-6-13/h1-12,18-19H,(H,23,24)/t18-,19-/m0/s1. The van der Waals surface area contributed by atoms with Gasteiger partial charge in [-0.2, -0.15) is 0 Å². The molecule has 5 heteroatoms. The smallest absolute Gasteiger partial charge is 0.408 e. The Morgan fingerprint density at radius 2 is 1.76 bits per heavy atom. The van der Waals surface area contributed by atoms with Crippen molar-refractivity contribution in [2.45, 2.75) is 12.1 Å². The SMILES string of the molecule is O=C1N[C@@H](c2cncc(-c3ccccc3)c2)[C@H](c2cccc(Cl)c2)O1. The van der Waals surface area contributed by atoms with Crippen LogP contribution in [-0.2, 0) is 4.74 Å². The summed E-state index contributed by atoms with van der Waals surface area (Å²) in [5.74, 6) is 0. The summed E-state index contributed by atoms with van der Waals surface area (Å²) in [4.78, 5) is 16.2.